The molecule has 3 heteroatoms. The third-order valence-electron chi connectivity index (χ3n) is 2.00. The lowest BCUT2D eigenvalue weighted by Crippen LogP contribution is -2.08. The quantitative estimate of drug-likeness (QED) is 0.477. The number of esters is 1. The smallest absolute Gasteiger partial charge is 0.370 e. The van der Waals surface area contributed by atoms with Crippen LogP contribution in [0.2, 0.25) is 0 Å². The molecule has 0 radical (unpaired) electrons. The van der Waals surface area contributed by atoms with Gasteiger partial charge in [-0.3, -0.25) is 0 Å². The van der Waals surface area contributed by atoms with Gasteiger partial charge in [0.2, 0.25) is 12.2 Å². The van der Waals surface area contributed by atoms with E-state index in [1.807, 2.05) is 34.9 Å². The Bertz CT molecular complexity index is 368. The van der Waals surface area contributed by atoms with Crippen LogP contribution >= 0.6 is 0 Å². The summed E-state index contributed by atoms with van der Waals surface area (Å²) in [7, 11) is 0. The van der Waals surface area contributed by atoms with E-state index in [1.165, 1.54) is 0 Å². The summed E-state index contributed by atoms with van der Waals surface area (Å²) in [5, 5.41) is 0. The Morgan fingerprint density at radius 1 is 1.31 bits per heavy atom. The van der Waals surface area contributed by atoms with E-state index in [9.17, 15) is 4.79 Å². The van der Waals surface area contributed by atoms with Crippen molar-refractivity contribution in [3.8, 4) is 0 Å². The second-order valence-corrected chi connectivity index (χ2v) is 2.91. The van der Waals surface area contributed by atoms with Crippen molar-refractivity contribution in [3.63, 3.8) is 0 Å². The number of ether oxygens (including phenoxy) is 1. The molecule has 0 aromatic heterocycles. The van der Waals surface area contributed by atoms with Gasteiger partial charge in [0.05, 0.1) is 6.92 Å². The molecular formula is C10H10NO2+. The fraction of sp³-hybridized carbons (Fsp3) is 0.200. The van der Waals surface area contributed by atoms with Crippen molar-refractivity contribution in [2.75, 3.05) is 6.54 Å². The molecule has 1 aliphatic rings. The lowest BCUT2D eigenvalue weighted by molar-refractivity contribution is -0.423. The number of hydrogen-bond acceptors (Lipinski definition) is 2. The van der Waals surface area contributed by atoms with Gasteiger partial charge in [0.15, 0.2) is 0 Å². The molecule has 66 valence electrons. The van der Waals surface area contributed by atoms with Gasteiger partial charge < -0.3 is 4.74 Å². The van der Waals surface area contributed by atoms with Crippen LogP contribution in [0.25, 0.3) is 0 Å². The molecule has 3 nitrogen and oxygen atoms in total. The molecule has 0 fully saturated rings. The molecule has 13 heavy (non-hydrogen) atoms. The molecule has 0 amide bonds. The minimum Gasteiger partial charge on any atom is -0.370 e. The van der Waals surface area contributed by atoms with Crippen LogP contribution in [0.15, 0.2) is 30.3 Å². The summed E-state index contributed by atoms with van der Waals surface area (Å²) in [5.74, 6) is 0.456. The highest BCUT2D eigenvalue weighted by Gasteiger charge is 2.29. The zero-order valence-corrected chi connectivity index (χ0v) is 7.36. The van der Waals surface area contributed by atoms with E-state index in [0.717, 1.165) is 5.69 Å². The molecule has 2 rings (SSSR count). The van der Waals surface area contributed by atoms with Crippen LogP contribution in [0.5, 0.6) is 0 Å². The van der Waals surface area contributed by atoms with Gasteiger partial charge in [0.25, 0.3) is 0 Å². The zero-order chi connectivity index (χ0) is 9.26. The lowest BCUT2D eigenvalue weighted by atomic mass is 10.3. The molecule has 1 aliphatic heterocycles. The summed E-state index contributed by atoms with van der Waals surface area (Å²) >= 11 is 0. The molecule has 0 atom stereocenters. The normalized spacial score (nSPS) is 16.2. The summed E-state index contributed by atoms with van der Waals surface area (Å²) in [6.45, 7) is 2.10. The Kier molecular flexibility index (Phi) is 1.85. The third kappa shape index (κ3) is 1.45. The largest absolute Gasteiger partial charge is 0.382 e. The van der Waals surface area contributed by atoms with Crippen LogP contribution in [0.1, 0.15) is 6.92 Å². The summed E-state index contributed by atoms with van der Waals surface area (Å²) < 4.78 is 6.78. The molecule has 1 aromatic rings. The first-order chi connectivity index (χ1) is 6.27. The van der Waals surface area contributed by atoms with Crippen molar-refractivity contribution < 1.29 is 14.1 Å². The van der Waals surface area contributed by atoms with Crippen LogP contribution in [0, 0.1) is 0 Å². The molecule has 0 aliphatic carbocycles. The van der Waals surface area contributed by atoms with E-state index in [-0.39, 0.29) is 5.97 Å². The van der Waals surface area contributed by atoms with Gasteiger partial charge in [-0.05, 0) is 0 Å². The zero-order valence-electron chi connectivity index (χ0n) is 7.36. The van der Waals surface area contributed by atoms with E-state index < -0.39 is 0 Å². The molecule has 0 saturated carbocycles. The van der Waals surface area contributed by atoms with Crippen LogP contribution in [-0.2, 0) is 9.53 Å². The van der Waals surface area contributed by atoms with Crippen LogP contribution in [0.3, 0.4) is 0 Å². The maximum Gasteiger partial charge on any atom is 0.382 e. The molecule has 0 bridgehead atoms. The molecule has 1 aromatic carbocycles. The van der Waals surface area contributed by atoms with Crippen molar-refractivity contribution in [2.45, 2.75) is 6.92 Å². The molecular weight excluding hydrogens is 166 g/mol. The van der Waals surface area contributed by atoms with E-state index in [2.05, 4.69) is 0 Å². The first kappa shape index (κ1) is 7.98. The van der Waals surface area contributed by atoms with E-state index in [1.54, 1.807) is 6.92 Å². The van der Waals surface area contributed by atoms with Crippen molar-refractivity contribution in [2.24, 2.45) is 0 Å². The number of nitrogens with zero attached hydrogens (tertiary/aromatic N) is 1. The first-order valence-corrected chi connectivity index (χ1v) is 4.14. The average Bonchev–Trinajstić information content (AvgIpc) is 2.47. The van der Waals surface area contributed by atoms with Crippen molar-refractivity contribution >= 4 is 17.6 Å². The molecule has 1 heterocycles. The van der Waals surface area contributed by atoms with Crippen molar-refractivity contribution in [1.82, 2.24) is 0 Å². The van der Waals surface area contributed by atoms with Crippen LogP contribution < -0.4 is 0 Å². The second kappa shape index (κ2) is 3.01. The lowest BCUT2D eigenvalue weighted by Gasteiger charge is -1.93. The average molecular weight is 176 g/mol. The number of hydrogen-bond donors (Lipinski definition) is 0. The fourth-order valence-corrected chi connectivity index (χ4v) is 1.37. The maximum atomic E-state index is 11.0. The van der Waals surface area contributed by atoms with Gasteiger partial charge in [-0.1, -0.05) is 18.2 Å². The number of carbonyl (C=O) groups excluding carboxylic acids is 1. The maximum absolute atomic E-state index is 11.0. The monoisotopic (exact) mass is 176 g/mol. The Morgan fingerprint density at radius 2 is 2.00 bits per heavy atom. The summed E-state index contributed by atoms with van der Waals surface area (Å²) in [5.41, 5.74) is 0.992. The Balaban J connectivity index is 2.38. The van der Waals surface area contributed by atoms with Gasteiger partial charge in [-0.15, -0.1) is 0 Å². The minimum atomic E-state index is -0.193. The van der Waals surface area contributed by atoms with Crippen LogP contribution in [0.4, 0.5) is 5.69 Å². The highest BCUT2D eigenvalue weighted by atomic mass is 16.6. The molecule has 0 spiro atoms. The van der Waals surface area contributed by atoms with Gasteiger partial charge in [-0.2, -0.15) is 4.58 Å². The standard InChI is InChI=1S/C10H10NO2/c1-8-11(7-10(12)13-8)9-5-3-2-4-6-9/h2-6H,7H2,1H3/q+1. The SMILES string of the molecule is CC1=[N+](c2ccccc2)CC(=O)O1. The number of cyclic esters (lactones) is 1. The Labute approximate surface area is 76.3 Å². The summed E-state index contributed by atoms with van der Waals surface area (Å²) in [6.07, 6.45) is 0. The van der Waals surface area contributed by atoms with Crippen molar-refractivity contribution in [1.29, 1.82) is 0 Å². The van der Waals surface area contributed by atoms with Gasteiger partial charge >= 0.3 is 11.9 Å². The number of rotatable bonds is 1. The van der Waals surface area contributed by atoms with Crippen molar-refractivity contribution in [3.05, 3.63) is 30.3 Å². The highest BCUT2D eigenvalue weighted by molar-refractivity contribution is 5.89. The molecule has 0 unspecified atom stereocenters. The summed E-state index contributed by atoms with van der Waals surface area (Å²) in [6, 6.07) is 9.71. The first-order valence-electron chi connectivity index (χ1n) is 4.14. The second-order valence-electron chi connectivity index (χ2n) is 2.91. The predicted molar refractivity (Wildman–Crippen MR) is 48.0 cm³/mol. The summed E-state index contributed by atoms with van der Waals surface area (Å²) in [4.78, 5) is 11.0. The number of para-hydroxylation sites is 1. The van der Waals surface area contributed by atoms with Gasteiger partial charge in [0.1, 0.15) is 0 Å². The Morgan fingerprint density at radius 3 is 2.54 bits per heavy atom. The van der Waals surface area contributed by atoms with Gasteiger partial charge in [0, 0.05) is 12.1 Å². The highest BCUT2D eigenvalue weighted by Crippen LogP contribution is 2.14. The van der Waals surface area contributed by atoms with E-state index >= 15 is 0 Å². The topological polar surface area (TPSA) is 29.3 Å². The third-order valence-corrected chi connectivity index (χ3v) is 2.00. The van der Waals surface area contributed by atoms with Gasteiger partial charge in [-0.25, -0.2) is 4.79 Å². The number of benzene rings is 1. The molecule has 0 saturated heterocycles. The predicted octanol–water partition coefficient (Wildman–Crippen LogP) is 1.31. The number of carbonyl (C=O) groups is 1. The van der Waals surface area contributed by atoms with Crippen LogP contribution in [-0.4, -0.2) is 23.0 Å². The fourth-order valence-electron chi connectivity index (χ4n) is 1.37. The molecule has 0 N–H and O–H groups in total. The minimum absolute atomic E-state index is 0.193. The van der Waals surface area contributed by atoms with E-state index in [4.69, 9.17) is 4.74 Å². The van der Waals surface area contributed by atoms with E-state index in [0.29, 0.717) is 12.4 Å². The Hall–Kier alpha value is -1.64.